The SMILES string of the molecule is COC(=O)[C@H](C[C@@H]1CCNC1=O)NC(=O)[C@@H]1C[C@@H](C2CCCCC2)CN1Cc1cc2c(OC)cccc2[nH]1. The van der Waals surface area contributed by atoms with Gasteiger partial charge in [-0.1, -0.05) is 38.2 Å². The number of H-pyrrole nitrogens is 1. The van der Waals surface area contributed by atoms with Gasteiger partial charge in [0.15, 0.2) is 0 Å². The minimum absolute atomic E-state index is 0.0674. The van der Waals surface area contributed by atoms with Crippen molar-refractivity contribution in [2.24, 2.45) is 17.8 Å². The lowest BCUT2D eigenvalue weighted by Crippen LogP contribution is -2.50. The van der Waals surface area contributed by atoms with Crippen molar-refractivity contribution in [1.82, 2.24) is 20.5 Å². The van der Waals surface area contributed by atoms with Crippen LogP contribution in [0, 0.1) is 17.8 Å². The van der Waals surface area contributed by atoms with Gasteiger partial charge in [0, 0.05) is 42.1 Å². The summed E-state index contributed by atoms with van der Waals surface area (Å²) < 4.78 is 10.5. The number of rotatable bonds is 9. The highest BCUT2D eigenvalue weighted by atomic mass is 16.5. The van der Waals surface area contributed by atoms with Gasteiger partial charge in [0.2, 0.25) is 11.8 Å². The molecule has 3 heterocycles. The number of nitrogens with zero attached hydrogens (tertiary/aromatic N) is 1. The summed E-state index contributed by atoms with van der Waals surface area (Å²) in [6.45, 7) is 2.05. The Balaban J connectivity index is 1.35. The number of aromatic amines is 1. The number of ether oxygens (including phenoxy) is 2. The molecular formula is C29H40N4O5. The second-order valence-electron chi connectivity index (χ2n) is 11.2. The van der Waals surface area contributed by atoms with Crippen LogP contribution in [0.3, 0.4) is 0 Å². The Morgan fingerprint density at radius 2 is 1.95 bits per heavy atom. The molecule has 1 aliphatic carbocycles. The first-order chi connectivity index (χ1) is 18.5. The largest absolute Gasteiger partial charge is 0.496 e. The summed E-state index contributed by atoms with van der Waals surface area (Å²) in [7, 11) is 2.99. The number of nitrogens with one attached hydrogen (secondary N) is 3. The van der Waals surface area contributed by atoms with Crippen LogP contribution in [0.1, 0.15) is 57.1 Å². The molecule has 1 saturated carbocycles. The first-order valence-electron chi connectivity index (χ1n) is 14.0. The molecular weight excluding hydrogens is 484 g/mol. The number of hydrogen-bond donors (Lipinski definition) is 3. The third-order valence-corrected chi connectivity index (χ3v) is 8.81. The van der Waals surface area contributed by atoms with Gasteiger partial charge in [0.05, 0.1) is 20.3 Å². The fourth-order valence-corrected chi connectivity index (χ4v) is 6.78. The Kier molecular flexibility index (Phi) is 8.21. The topological polar surface area (TPSA) is 113 Å². The van der Waals surface area contributed by atoms with Gasteiger partial charge in [0.25, 0.3) is 0 Å². The molecule has 9 nitrogen and oxygen atoms in total. The summed E-state index contributed by atoms with van der Waals surface area (Å²) in [5.41, 5.74) is 2.03. The van der Waals surface area contributed by atoms with Gasteiger partial charge in [-0.15, -0.1) is 0 Å². The molecule has 3 aliphatic rings. The summed E-state index contributed by atoms with van der Waals surface area (Å²) in [5.74, 6) is 0.864. The Bertz CT molecular complexity index is 1160. The normalized spacial score (nSPS) is 25.3. The maximum atomic E-state index is 13.7. The van der Waals surface area contributed by atoms with Crippen molar-refractivity contribution in [3.05, 3.63) is 30.0 Å². The van der Waals surface area contributed by atoms with E-state index < -0.39 is 12.0 Å². The van der Waals surface area contributed by atoms with Gasteiger partial charge in [-0.3, -0.25) is 14.5 Å². The highest BCUT2D eigenvalue weighted by molar-refractivity contribution is 5.89. The number of carbonyl (C=O) groups is 3. The maximum Gasteiger partial charge on any atom is 0.328 e. The predicted molar refractivity (Wildman–Crippen MR) is 143 cm³/mol. The molecule has 3 N–H and O–H groups in total. The van der Waals surface area contributed by atoms with Crippen molar-refractivity contribution in [1.29, 1.82) is 0 Å². The minimum atomic E-state index is -0.839. The molecule has 38 heavy (non-hydrogen) atoms. The molecule has 1 aromatic heterocycles. The van der Waals surface area contributed by atoms with Crippen molar-refractivity contribution < 1.29 is 23.9 Å². The molecule has 0 bridgehead atoms. The minimum Gasteiger partial charge on any atom is -0.496 e. The monoisotopic (exact) mass is 524 g/mol. The van der Waals surface area contributed by atoms with E-state index >= 15 is 0 Å². The Morgan fingerprint density at radius 3 is 2.66 bits per heavy atom. The van der Waals surface area contributed by atoms with E-state index in [1.165, 1.54) is 39.2 Å². The summed E-state index contributed by atoms with van der Waals surface area (Å²) in [4.78, 5) is 44.3. The first kappa shape index (κ1) is 26.5. The lowest BCUT2D eigenvalue weighted by Gasteiger charge is -2.27. The number of hydrogen-bond acceptors (Lipinski definition) is 6. The van der Waals surface area contributed by atoms with Gasteiger partial charge in [-0.25, -0.2) is 4.79 Å². The van der Waals surface area contributed by atoms with E-state index in [0.717, 1.165) is 35.3 Å². The van der Waals surface area contributed by atoms with Crippen LogP contribution in [0.15, 0.2) is 24.3 Å². The molecule has 3 fully saturated rings. The Labute approximate surface area is 224 Å². The number of benzene rings is 1. The van der Waals surface area contributed by atoms with Gasteiger partial charge in [-0.05, 0) is 49.3 Å². The van der Waals surface area contributed by atoms with Crippen molar-refractivity contribution in [2.45, 2.75) is 70.0 Å². The van der Waals surface area contributed by atoms with Crippen LogP contribution in [0.2, 0.25) is 0 Å². The van der Waals surface area contributed by atoms with Crippen LogP contribution in [-0.4, -0.2) is 67.1 Å². The summed E-state index contributed by atoms with van der Waals surface area (Å²) in [6, 6.07) is 6.86. The molecule has 9 heteroatoms. The molecule has 2 aromatic rings. The van der Waals surface area contributed by atoms with Crippen molar-refractivity contribution >= 4 is 28.7 Å². The maximum absolute atomic E-state index is 13.7. The zero-order chi connectivity index (χ0) is 26.6. The lowest BCUT2D eigenvalue weighted by atomic mass is 9.79. The van der Waals surface area contributed by atoms with E-state index in [4.69, 9.17) is 9.47 Å². The smallest absolute Gasteiger partial charge is 0.328 e. The molecule has 206 valence electrons. The number of amides is 2. The highest BCUT2D eigenvalue weighted by Crippen LogP contribution is 2.38. The van der Waals surface area contributed by atoms with Crippen LogP contribution in [0.4, 0.5) is 0 Å². The molecule has 4 atom stereocenters. The molecule has 2 aliphatic heterocycles. The fraction of sp³-hybridized carbons (Fsp3) is 0.621. The van der Waals surface area contributed by atoms with E-state index in [1.807, 2.05) is 18.2 Å². The average molecular weight is 525 g/mol. The lowest BCUT2D eigenvalue weighted by molar-refractivity contribution is -0.146. The van der Waals surface area contributed by atoms with Crippen molar-refractivity contribution in [3.8, 4) is 5.75 Å². The highest BCUT2D eigenvalue weighted by Gasteiger charge is 2.42. The zero-order valence-electron chi connectivity index (χ0n) is 22.5. The average Bonchev–Trinajstić information content (AvgIpc) is 3.66. The molecule has 0 radical (unpaired) electrons. The number of likely N-dealkylation sites (tertiary alicyclic amines) is 1. The van der Waals surface area contributed by atoms with E-state index in [1.54, 1.807) is 7.11 Å². The Hall–Kier alpha value is -3.07. The van der Waals surface area contributed by atoms with Crippen LogP contribution >= 0.6 is 0 Å². The van der Waals surface area contributed by atoms with E-state index in [0.29, 0.717) is 31.3 Å². The fourth-order valence-electron chi connectivity index (χ4n) is 6.78. The number of aromatic nitrogens is 1. The second kappa shape index (κ2) is 11.8. The molecule has 5 rings (SSSR count). The molecule has 0 spiro atoms. The van der Waals surface area contributed by atoms with Gasteiger partial charge < -0.3 is 25.1 Å². The predicted octanol–water partition coefficient (Wildman–Crippen LogP) is 3.13. The number of carbonyl (C=O) groups excluding carboxylic acids is 3. The third kappa shape index (κ3) is 5.67. The zero-order valence-corrected chi connectivity index (χ0v) is 22.5. The van der Waals surface area contributed by atoms with Crippen molar-refractivity contribution in [3.63, 3.8) is 0 Å². The van der Waals surface area contributed by atoms with E-state index in [9.17, 15) is 14.4 Å². The Morgan fingerprint density at radius 1 is 1.13 bits per heavy atom. The van der Waals surface area contributed by atoms with E-state index in [2.05, 4.69) is 26.6 Å². The summed E-state index contributed by atoms with van der Waals surface area (Å²) >= 11 is 0. The molecule has 1 aromatic carbocycles. The quantitative estimate of drug-likeness (QED) is 0.435. The van der Waals surface area contributed by atoms with Crippen LogP contribution in [-0.2, 0) is 25.7 Å². The van der Waals surface area contributed by atoms with Crippen LogP contribution < -0.4 is 15.4 Å². The molecule has 2 saturated heterocycles. The van der Waals surface area contributed by atoms with Gasteiger partial charge in [-0.2, -0.15) is 0 Å². The van der Waals surface area contributed by atoms with Crippen LogP contribution in [0.5, 0.6) is 5.75 Å². The summed E-state index contributed by atoms with van der Waals surface area (Å²) in [5, 5.41) is 6.81. The van der Waals surface area contributed by atoms with E-state index in [-0.39, 0.29) is 30.2 Å². The summed E-state index contributed by atoms with van der Waals surface area (Å²) in [6.07, 6.45) is 7.94. The van der Waals surface area contributed by atoms with Crippen molar-refractivity contribution in [2.75, 3.05) is 27.3 Å². The van der Waals surface area contributed by atoms with Gasteiger partial charge in [0.1, 0.15) is 11.8 Å². The number of fused-ring (bicyclic) bond motifs is 1. The first-order valence-corrected chi connectivity index (χ1v) is 14.0. The third-order valence-electron chi connectivity index (χ3n) is 8.81. The molecule has 2 amide bonds. The standard InChI is InChI=1S/C29H40N4O5/c1-37-26-10-6-9-23-22(26)15-21(31-23)17-33-16-20(18-7-4-3-5-8-18)14-25(33)28(35)32-24(29(36)38-2)13-19-11-12-30-27(19)34/h6,9-10,15,18-20,24-25,31H,3-5,7-8,11-14,16-17H2,1-2H3,(H,30,34)(H,32,35)/t19-,20+,24-,25-/m0/s1. The van der Waals surface area contributed by atoms with Crippen LogP contribution in [0.25, 0.3) is 10.9 Å². The van der Waals surface area contributed by atoms with Gasteiger partial charge >= 0.3 is 5.97 Å². The number of esters is 1. The molecule has 0 unspecified atom stereocenters. The second-order valence-corrected chi connectivity index (χ2v) is 11.2. The number of methoxy groups -OCH3 is 2.